The number of β-amino-alcohol motifs (C(OH)–C–C–N with tert-alkyl or cyclic N) is 1. The largest absolute Gasteiger partial charge is 0.395 e. The Hall–Kier alpha value is -1.39. The minimum absolute atomic E-state index is 0.0608. The molecule has 5 nitrogen and oxygen atoms in total. The van der Waals surface area contributed by atoms with Gasteiger partial charge in [-0.15, -0.1) is 11.3 Å². The van der Waals surface area contributed by atoms with E-state index in [0.717, 1.165) is 18.0 Å². The van der Waals surface area contributed by atoms with Crippen molar-refractivity contribution in [3.63, 3.8) is 0 Å². The lowest BCUT2D eigenvalue weighted by Gasteiger charge is -2.34. The van der Waals surface area contributed by atoms with Crippen LogP contribution in [0.1, 0.15) is 15.2 Å². The molecular weight excluding hydrogens is 274 g/mol. The Labute approximate surface area is 123 Å². The molecule has 2 heterocycles. The van der Waals surface area contributed by atoms with Crippen molar-refractivity contribution in [2.45, 2.75) is 0 Å². The number of nitrogens with two attached hydrogens (primary N) is 1. The van der Waals surface area contributed by atoms with Gasteiger partial charge < -0.3 is 15.7 Å². The van der Waals surface area contributed by atoms with Gasteiger partial charge in [0.15, 0.2) is 0 Å². The zero-order valence-electron chi connectivity index (χ0n) is 11.3. The third-order valence-corrected chi connectivity index (χ3v) is 4.08. The Morgan fingerprint density at radius 2 is 2.15 bits per heavy atom. The smallest absolute Gasteiger partial charge is 0.254 e. The maximum Gasteiger partial charge on any atom is 0.254 e. The zero-order chi connectivity index (χ0) is 14.4. The van der Waals surface area contributed by atoms with Gasteiger partial charge in [-0.05, 0) is 6.07 Å². The van der Waals surface area contributed by atoms with Crippen LogP contribution in [0.2, 0.25) is 0 Å². The molecule has 20 heavy (non-hydrogen) atoms. The van der Waals surface area contributed by atoms with Gasteiger partial charge in [-0.1, -0.05) is 11.8 Å². The highest BCUT2D eigenvalue weighted by atomic mass is 32.1. The van der Waals surface area contributed by atoms with Crippen LogP contribution in [0.25, 0.3) is 0 Å². The van der Waals surface area contributed by atoms with Crippen molar-refractivity contribution in [3.05, 3.63) is 21.9 Å². The molecule has 3 N–H and O–H groups in total. The fourth-order valence-electron chi connectivity index (χ4n) is 2.15. The quantitative estimate of drug-likeness (QED) is 0.758. The highest BCUT2D eigenvalue weighted by molar-refractivity contribution is 7.10. The number of hydrogen-bond donors (Lipinski definition) is 2. The van der Waals surface area contributed by atoms with Gasteiger partial charge in [-0.3, -0.25) is 9.69 Å². The highest BCUT2D eigenvalue weighted by Gasteiger charge is 2.22. The Kier molecular flexibility index (Phi) is 5.56. The molecule has 1 saturated heterocycles. The van der Waals surface area contributed by atoms with Crippen molar-refractivity contribution in [3.8, 4) is 11.8 Å². The predicted octanol–water partition coefficient (Wildman–Crippen LogP) is -0.192. The van der Waals surface area contributed by atoms with Gasteiger partial charge in [-0.25, -0.2) is 0 Å². The molecule has 0 saturated carbocycles. The number of carbonyl (C=O) groups is 1. The Bertz CT molecular complexity index is 510. The molecule has 0 spiro atoms. The van der Waals surface area contributed by atoms with Gasteiger partial charge in [0.25, 0.3) is 5.91 Å². The molecule has 1 aromatic heterocycles. The first-order chi connectivity index (χ1) is 9.74. The standard InChI is InChI=1S/C14H19N3O2S/c15-3-1-2-13-10-12(11-20-13)14(19)17-6-4-16(5-7-17)8-9-18/h10-11,18H,3-9,15H2. The molecule has 1 fully saturated rings. The molecule has 0 aromatic carbocycles. The van der Waals surface area contributed by atoms with E-state index in [1.54, 1.807) is 0 Å². The molecule has 1 amide bonds. The summed E-state index contributed by atoms with van der Waals surface area (Å²) in [5, 5.41) is 10.8. The van der Waals surface area contributed by atoms with E-state index in [0.29, 0.717) is 31.7 Å². The molecule has 108 valence electrons. The highest BCUT2D eigenvalue weighted by Crippen LogP contribution is 2.16. The van der Waals surface area contributed by atoms with E-state index < -0.39 is 0 Å². The topological polar surface area (TPSA) is 69.8 Å². The lowest BCUT2D eigenvalue weighted by atomic mass is 10.2. The molecule has 0 aliphatic carbocycles. The molecule has 0 radical (unpaired) electrons. The first-order valence-corrected chi connectivity index (χ1v) is 7.52. The molecule has 1 aromatic rings. The lowest BCUT2D eigenvalue weighted by Crippen LogP contribution is -2.49. The number of hydrogen-bond acceptors (Lipinski definition) is 5. The van der Waals surface area contributed by atoms with Crippen molar-refractivity contribution in [2.24, 2.45) is 5.73 Å². The molecule has 0 atom stereocenters. The Balaban J connectivity index is 1.93. The van der Waals surface area contributed by atoms with Gasteiger partial charge in [0.05, 0.1) is 23.6 Å². The average Bonchev–Trinajstić information content (AvgIpc) is 2.94. The molecule has 2 rings (SSSR count). The minimum Gasteiger partial charge on any atom is -0.395 e. The summed E-state index contributed by atoms with van der Waals surface area (Å²) < 4.78 is 0. The van der Waals surface area contributed by atoms with Gasteiger partial charge in [0.1, 0.15) is 0 Å². The second-order valence-corrected chi connectivity index (χ2v) is 5.47. The van der Waals surface area contributed by atoms with E-state index in [1.165, 1.54) is 11.3 Å². The molecule has 0 unspecified atom stereocenters. The SMILES string of the molecule is NCC#Cc1cc(C(=O)N2CCN(CCO)CC2)cs1. The van der Waals surface area contributed by atoms with Crippen LogP contribution in [0.15, 0.2) is 11.4 Å². The van der Waals surface area contributed by atoms with Crippen LogP contribution < -0.4 is 5.73 Å². The molecule has 6 heteroatoms. The summed E-state index contributed by atoms with van der Waals surface area (Å²) in [6.07, 6.45) is 0. The van der Waals surface area contributed by atoms with E-state index in [4.69, 9.17) is 10.8 Å². The monoisotopic (exact) mass is 293 g/mol. The summed E-state index contributed by atoms with van der Waals surface area (Å²) in [7, 11) is 0. The van der Waals surface area contributed by atoms with Crippen LogP contribution in [0.5, 0.6) is 0 Å². The lowest BCUT2D eigenvalue weighted by molar-refractivity contribution is 0.0615. The maximum absolute atomic E-state index is 12.3. The summed E-state index contributed by atoms with van der Waals surface area (Å²) in [5.74, 6) is 5.79. The summed E-state index contributed by atoms with van der Waals surface area (Å²) >= 11 is 1.47. The second kappa shape index (κ2) is 7.41. The van der Waals surface area contributed by atoms with Crippen molar-refractivity contribution in [2.75, 3.05) is 45.9 Å². The molecule has 1 aliphatic rings. The fourth-order valence-corrected chi connectivity index (χ4v) is 2.90. The third kappa shape index (κ3) is 3.81. The number of nitrogens with zero attached hydrogens (tertiary/aromatic N) is 2. The summed E-state index contributed by atoms with van der Waals surface area (Å²) in [5.41, 5.74) is 6.03. The van der Waals surface area contributed by atoms with Crippen molar-refractivity contribution in [1.82, 2.24) is 9.80 Å². The number of piperazine rings is 1. The Morgan fingerprint density at radius 1 is 1.40 bits per heavy atom. The number of aliphatic hydroxyl groups is 1. The minimum atomic E-state index is 0.0608. The van der Waals surface area contributed by atoms with Gasteiger partial charge in [-0.2, -0.15) is 0 Å². The van der Waals surface area contributed by atoms with Gasteiger partial charge in [0.2, 0.25) is 0 Å². The zero-order valence-corrected chi connectivity index (χ0v) is 12.2. The van der Waals surface area contributed by atoms with Gasteiger partial charge in [0, 0.05) is 38.1 Å². The van der Waals surface area contributed by atoms with Crippen LogP contribution in [-0.2, 0) is 0 Å². The molecule has 1 aliphatic heterocycles. The van der Waals surface area contributed by atoms with Gasteiger partial charge >= 0.3 is 0 Å². The first-order valence-electron chi connectivity index (χ1n) is 6.64. The van der Waals surface area contributed by atoms with E-state index >= 15 is 0 Å². The number of rotatable bonds is 3. The van der Waals surface area contributed by atoms with Crippen molar-refractivity contribution in [1.29, 1.82) is 0 Å². The van der Waals surface area contributed by atoms with E-state index in [9.17, 15) is 4.79 Å². The molecular formula is C14H19N3O2S. The number of aliphatic hydroxyl groups excluding tert-OH is 1. The molecule has 0 bridgehead atoms. The van der Waals surface area contributed by atoms with Crippen LogP contribution in [0, 0.1) is 11.8 Å². The summed E-state index contributed by atoms with van der Waals surface area (Å²) in [4.78, 5) is 17.2. The first kappa shape index (κ1) is 15.0. The van der Waals surface area contributed by atoms with Crippen molar-refractivity contribution < 1.29 is 9.90 Å². The summed E-state index contributed by atoms with van der Waals surface area (Å²) in [6.45, 7) is 4.22. The fraction of sp³-hybridized carbons (Fsp3) is 0.500. The average molecular weight is 293 g/mol. The van der Waals surface area contributed by atoms with E-state index in [2.05, 4.69) is 16.7 Å². The third-order valence-electron chi connectivity index (χ3n) is 3.24. The maximum atomic E-state index is 12.3. The predicted molar refractivity (Wildman–Crippen MR) is 79.7 cm³/mol. The van der Waals surface area contributed by atoms with Crippen molar-refractivity contribution >= 4 is 17.2 Å². The van der Waals surface area contributed by atoms with Crippen LogP contribution in [0.3, 0.4) is 0 Å². The summed E-state index contributed by atoms with van der Waals surface area (Å²) in [6, 6.07) is 1.83. The van der Waals surface area contributed by atoms with E-state index in [1.807, 2.05) is 16.3 Å². The van der Waals surface area contributed by atoms with Crippen LogP contribution >= 0.6 is 11.3 Å². The normalized spacial score (nSPS) is 15.8. The number of carbonyl (C=O) groups excluding carboxylic acids is 1. The van der Waals surface area contributed by atoms with Crippen LogP contribution in [0.4, 0.5) is 0 Å². The second-order valence-electron chi connectivity index (χ2n) is 4.56. The van der Waals surface area contributed by atoms with E-state index in [-0.39, 0.29) is 12.5 Å². The number of thiophene rings is 1. The van der Waals surface area contributed by atoms with Crippen LogP contribution in [-0.4, -0.2) is 66.7 Å². The number of amides is 1. The Morgan fingerprint density at radius 3 is 2.80 bits per heavy atom.